The van der Waals surface area contributed by atoms with Gasteiger partial charge in [0.15, 0.2) is 0 Å². The van der Waals surface area contributed by atoms with Crippen molar-refractivity contribution in [2.45, 2.75) is 70.6 Å². The van der Waals surface area contributed by atoms with E-state index in [9.17, 15) is 14.4 Å². The Bertz CT molecular complexity index is 375. The Hall–Kier alpha value is -1.47. The van der Waals surface area contributed by atoms with Gasteiger partial charge in [-0.25, -0.2) is 0 Å². The molecule has 0 aromatic carbocycles. The molecule has 6 N–H and O–H groups in total. The number of rotatable bonds is 17. The summed E-state index contributed by atoms with van der Waals surface area (Å²) in [7, 11) is 0. The summed E-state index contributed by atoms with van der Waals surface area (Å²) in [4.78, 5) is 35.0. The van der Waals surface area contributed by atoms with Crippen molar-refractivity contribution >= 4 is 17.6 Å². The molecule has 0 spiro atoms. The topological polar surface area (TPSA) is 127 Å². The fraction of sp³-hybridized carbons (Fsp3) is 0.833. The molecule has 7 nitrogen and oxygen atoms in total. The van der Waals surface area contributed by atoms with E-state index in [0.717, 1.165) is 51.4 Å². The predicted octanol–water partition coefficient (Wildman–Crippen LogP) is 0.996. The molecule has 0 aliphatic carbocycles. The highest BCUT2D eigenvalue weighted by Crippen LogP contribution is 2.00. The van der Waals surface area contributed by atoms with E-state index >= 15 is 0 Å². The van der Waals surface area contributed by atoms with Gasteiger partial charge >= 0.3 is 0 Å². The predicted molar refractivity (Wildman–Crippen MR) is 99.9 cm³/mol. The largest absolute Gasteiger partial charge is 0.356 e. The molecule has 0 aliphatic heterocycles. The van der Waals surface area contributed by atoms with E-state index < -0.39 is 0 Å². The second kappa shape index (κ2) is 17.4. The Labute approximate surface area is 151 Å². The van der Waals surface area contributed by atoms with Crippen molar-refractivity contribution in [1.29, 1.82) is 0 Å². The van der Waals surface area contributed by atoms with Crippen LogP contribution in [0.3, 0.4) is 0 Å². The molecule has 0 aromatic rings. The van der Waals surface area contributed by atoms with Crippen LogP contribution in [0.1, 0.15) is 70.6 Å². The Balaban J connectivity index is 3.54. The molecule has 0 bridgehead atoms. The molecule has 0 rings (SSSR count). The normalized spacial score (nSPS) is 10.5. The van der Waals surface area contributed by atoms with Gasteiger partial charge in [-0.05, 0) is 38.8 Å². The average Bonchev–Trinajstić information content (AvgIpc) is 2.59. The summed E-state index contributed by atoms with van der Waals surface area (Å²) in [5.41, 5.74) is 10.8. The summed E-state index contributed by atoms with van der Waals surface area (Å²) < 4.78 is 0. The van der Waals surface area contributed by atoms with Crippen LogP contribution in [0.4, 0.5) is 0 Å². The molecule has 0 saturated carbocycles. The molecule has 0 heterocycles. The van der Waals surface area contributed by atoms with E-state index in [1.807, 2.05) is 0 Å². The number of Topliss-reactive ketones (excluding diaryl/α,β-unsaturated/α-hetero) is 1. The first-order valence-corrected chi connectivity index (χ1v) is 9.55. The smallest absolute Gasteiger partial charge is 0.227 e. The van der Waals surface area contributed by atoms with Crippen LogP contribution in [-0.2, 0) is 14.4 Å². The highest BCUT2D eigenvalue weighted by Gasteiger charge is 2.11. The summed E-state index contributed by atoms with van der Waals surface area (Å²) in [6.45, 7) is 2.61. The lowest BCUT2D eigenvalue weighted by Gasteiger charge is -2.06. The monoisotopic (exact) mass is 356 g/mol. The quantitative estimate of drug-likeness (QED) is 0.228. The van der Waals surface area contributed by atoms with Gasteiger partial charge in [0.25, 0.3) is 0 Å². The Morgan fingerprint density at radius 2 is 1.08 bits per heavy atom. The van der Waals surface area contributed by atoms with Crippen molar-refractivity contribution in [3.63, 3.8) is 0 Å². The van der Waals surface area contributed by atoms with Crippen molar-refractivity contribution in [1.82, 2.24) is 10.6 Å². The van der Waals surface area contributed by atoms with Crippen LogP contribution in [0, 0.1) is 0 Å². The minimum atomic E-state index is -0.260. The maximum atomic E-state index is 11.7. The van der Waals surface area contributed by atoms with Gasteiger partial charge in [-0.3, -0.25) is 14.4 Å². The highest BCUT2D eigenvalue weighted by molar-refractivity contribution is 5.99. The Morgan fingerprint density at radius 1 is 0.600 bits per heavy atom. The Kier molecular flexibility index (Phi) is 16.3. The molecule has 25 heavy (non-hydrogen) atoms. The maximum absolute atomic E-state index is 11.7. The maximum Gasteiger partial charge on any atom is 0.227 e. The summed E-state index contributed by atoms with van der Waals surface area (Å²) >= 11 is 0. The molecule has 0 aromatic heterocycles. The van der Waals surface area contributed by atoms with Crippen molar-refractivity contribution in [2.75, 3.05) is 26.2 Å². The summed E-state index contributed by atoms with van der Waals surface area (Å²) in [5, 5.41) is 5.53. The summed E-state index contributed by atoms with van der Waals surface area (Å²) in [5.74, 6) is -0.588. The van der Waals surface area contributed by atoms with Crippen LogP contribution in [0.25, 0.3) is 0 Å². The van der Waals surface area contributed by atoms with Crippen LogP contribution >= 0.6 is 0 Å². The number of nitrogens with two attached hydrogens (primary N) is 2. The van der Waals surface area contributed by atoms with Crippen LogP contribution in [0.5, 0.6) is 0 Å². The van der Waals surface area contributed by atoms with E-state index in [-0.39, 0.29) is 36.9 Å². The highest BCUT2D eigenvalue weighted by atomic mass is 16.2. The molecule has 0 unspecified atom stereocenters. The van der Waals surface area contributed by atoms with Crippen molar-refractivity contribution in [2.24, 2.45) is 11.5 Å². The number of hydrogen-bond acceptors (Lipinski definition) is 5. The summed E-state index contributed by atoms with van der Waals surface area (Å²) in [6.07, 6.45) is 8.16. The second-order valence-electron chi connectivity index (χ2n) is 6.32. The van der Waals surface area contributed by atoms with Gasteiger partial charge in [0.05, 0.1) is 6.42 Å². The van der Waals surface area contributed by atoms with Gasteiger partial charge < -0.3 is 22.1 Å². The van der Waals surface area contributed by atoms with Gasteiger partial charge in [-0.2, -0.15) is 0 Å². The number of carbonyl (C=O) groups excluding carboxylic acids is 3. The number of hydrogen-bond donors (Lipinski definition) is 4. The first-order chi connectivity index (χ1) is 12.1. The number of nitrogens with one attached hydrogen (secondary N) is 2. The Morgan fingerprint density at radius 3 is 1.60 bits per heavy atom. The lowest BCUT2D eigenvalue weighted by molar-refractivity contribution is -0.130. The third-order valence-corrected chi connectivity index (χ3v) is 3.89. The van der Waals surface area contributed by atoms with Crippen LogP contribution in [0.2, 0.25) is 0 Å². The zero-order valence-corrected chi connectivity index (χ0v) is 15.5. The SMILES string of the molecule is NCCCCCCNC(=O)CCC(=O)CC(=O)NCCCCCCN. The average molecular weight is 357 g/mol. The first kappa shape index (κ1) is 23.5. The summed E-state index contributed by atoms with van der Waals surface area (Å²) in [6, 6.07) is 0. The van der Waals surface area contributed by atoms with Crippen LogP contribution in [0.15, 0.2) is 0 Å². The molecule has 2 amide bonds. The lowest BCUT2D eigenvalue weighted by Crippen LogP contribution is -2.28. The third-order valence-electron chi connectivity index (χ3n) is 3.89. The lowest BCUT2D eigenvalue weighted by atomic mass is 10.1. The number of unbranched alkanes of at least 4 members (excludes halogenated alkanes) is 6. The second-order valence-corrected chi connectivity index (χ2v) is 6.32. The van der Waals surface area contributed by atoms with Gasteiger partial charge in [-0.1, -0.05) is 25.7 Å². The minimum Gasteiger partial charge on any atom is -0.356 e. The van der Waals surface area contributed by atoms with Gasteiger partial charge in [0, 0.05) is 25.9 Å². The van der Waals surface area contributed by atoms with Gasteiger partial charge in [0.2, 0.25) is 11.8 Å². The molecule has 7 heteroatoms. The van der Waals surface area contributed by atoms with E-state index in [1.165, 1.54) is 0 Å². The fourth-order valence-corrected chi connectivity index (χ4v) is 2.37. The van der Waals surface area contributed by atoms with E-state index in [0.29, 0.717) is 26.2 Å². The number of ketones is 1. The molecule has 0 radical (unpaired) electrons. The molecule has 146 valence electrons. The molecular weight excluding hydrogens is 320 g/mol. The molecule has 0 fully saturated rings. The molecule has 0 saturated heterocycles. The van der Waals surface area contributed by atoms with E-state index in [4.69, 9.17) is 11.5 Å². The van der Waals surface area contributed by atoms with Crippen LogP contribution < -0.4 is 22.1 Å². The zero-order chi connectivity index (χ0) is 18.8. The first-order valence-electron chi connectivity index (χ1n) is 9.55. The fourth-order valence-electron chi connectivity index (χ4n) is 2.37. The minimum absolute atomic E-state index is 0.114. The molecule has 0 atom stereocenters. The van der Waals surface area contributed by atoms with E-state index in [2.05, 4.69) is 10.6 Å². The molecule has 0 aliphatic rings. The standard InChI is InChI=1S/C18H36N4O3/c19-11-5-1-3-7-13-21-17(24)10-9-16(23)15-18(25)22-14-8-4-2-6-12-20/h1-15,19-20H2,(H,21,24)(H,22,25). The number of carbonyl (C=O) groups is 3. The zero-order valence-electron chi connectivity index (χ0n) is 15.5. The number of amides is 2. The van der Waals surface area contributed by atoms with Crippen molar-refractivity contribution in [3.8, 4) is 0 Å². The third kappa shape index (κ3) is 17.2. The van der Waals surface area contributed by atoms with Gasteiger partial charge in [-0.15, -0.1) is 0 Å². The van der Waals surface area contributed by atoms with E-state index in [1.54, 1.807) is 0 Å². The van der Waals surface area contributed by atoms with Crippen molar-refractivity contribution in [3.05, 3.63) is 0 Å². The van der Waals surface area contributed by atoms with Gasteiger partial charge in [0.1, 0.15) is 5.78 Å². The van der Waals surface area contributed by atoms with Crippen molar-refractivity contribution < 1.29 is 14.4 Å². The van der Waals surface area contributed by atoms with Crippen LogP contribution in [-0.4, -0.2) is 43.8 Å². The molecular formula is C18H36N4O3.